The van der Waals surface area contributed by atoms with Crippen LogP contribution in [0.25, 0.3) is 11.4 Å². The molecule has 0 saturated heterocycles. The van der Waals surface area contributed by atoms with Gasteiger partial charge in [0.15, 0.2) is 5.82 Å². The first-order valence-corrected chi connectivity index (χ1v) is 5.26. The molecule has 0 fully saturated rings. The number of hydrogen-bond acceptors (Lipinski definition) is 4. The fraction of sp³-hybridized carbons (Fsp3) is 0.200. The summed E-state index contributed by atoms with van der Waals surface area (Å²) in [5.41, 5.74) is 2.06. The number of aromatic nitrogens is 4. The number of benzene rings is 1. The molecule has 0 spiro atoms. The second-order valence-electron chi connectivity index (χ2n) is 3.29. The number of rotatable bonds is 1. The summed E-state index contributed by atoms with van der Waals surface area (Å²) in [5, 5.41) is 15.7. The molecule has 4 nitrogen and oxygen atoms in total. The molecule has 0 saturated carbocycles. The zero-order chi connectivity index (χ0) is 10.8. The molecule has 1 heterocycles. The second-order valence-corrected chi connectivity index (χ2v) is 4.20. The minimum Gasteiger partial charge on any atom is -0.131 e. The fourth-order valence-electron chi connectivity index (χ4n) is 1.26. The van der Waals surface area contributed by atoms with E-state index >= 15 is 0 Å². The van der Waals surface area contributed by atoms with Crippen LogP contribution < -0.4 is 0 Å². The lowest BCUT2D eigenvalue weighted by Gasteiger charge is -2.01. The van der Waals surface area contributed by atoms with Gasteiger partial charge in [-0.3, -0.25) is 0 Å². The maximum absolute atomic E-state index is 3.99. The van der Waals surface area contributed by atoms with Crippen LogP contribution in [0.3, 0.4) is 0 Å². The van der Waals surface area contributed by atoms with Crippen LogP contribution in [0.5, 0.6) is 0 Å². The van der Waals surface area contributed by atoms with Gasteiger partial charge in [-0.15, -0.1) is 20.4 Å². The zero-order valence-corrected chi connectivity index (χ0v) is 9.98. The molecule has 0 aliphatic rings. The van der Waals surface area contributed by atoms with Crippen LogP contribution in [-0.2, 0) is 0 Å². The molecule has 0 N–H and O–H groups in total. The van der Waals surface area contributed by atoms with Crippen molar-refractivity contribution >= 4 is 15.9 Å². The van der Waals surface area contributed by atoms with Crippen molar-refractivity contribution < 1.29 is 0 Å². The lowest BCUT2D eigenvalue weighted by Crippen LogP contribution is -1.98. The molecule has 76 valence electrons. The molecule has 0 amide bonds. The van der Waals surface area contributed by atoms with Gasteiger partial charge in [0.25, 0.3) is 0 Å². The molecule has 0 unspecified atom stereocenters. The smallest absolute Gasteiger partial charge is 0.131 e. The molecule has 2 aromatic rings. The van der Waals surface area contributed by atoms with Gasteiger partial charge < -0.3 is 0 Å². The number of aryl methyl sites for hydroxylation is 2. The molecule has 2 rings (SSSR count). The first-order chi connectivity index (χ1) is 7.15. The fourth-order valence-corrected chi connectivity index (χ4v) is 1.87. The Kier molecular flexibility index (Phi) is 2.73. The largest absolute Gasteiger partial charge is 0.203 e. The predicted octanol–water partition coefficient (Wildman–Crippen LogP) is 2.31. The Morgan fingerprint density at radius 2 is 1.60 bits per heavy atom. The van der Waals surface area contributed by atoms with Crippen molar-refractivity contribution in [3.63, 3.8) is 0 Å². The molecule has 5 heteroatoms. The summed E-state index contributed by atoms with van der Waals surface area (Å²) in [6.07, 6.45) is 0. The van der Waals surface area contributed by atoms with Gasteiger partial charge in [0.05, 0.1) is 0 Å². The van der Waals surface area contributed by atoms with Crippen LogP contribution in [-0.4, -0.2) is 20.4 Å². The van der Waals surface area contributed by atoms with Crippen LogP contribution in [0.4, 0.5) is 0 Å². The highest BCUT2D eigenvalue weighted by Gasteiger charge is 2.04. The summed E-state index contributed by atoms with van der Waals surface area (Å²) in [6, 6.07) is 5.97. The third-order valence-electron chi connectivity index (χ3n) is 1.88. The molecule has 0 aliphatic carbocycles. The lowest BCUT2D eigenvalue weighted by atomic mass is 10.1. The molecule has 0 atom stereocenters. The van der Waals surface area contributed by atoms with Crippen LogP contribution >= 0.6 is 15.9 Å². The average molecular weight is 265 g/mol. The minimum absolute atomic E-state index is 0.546. The summed E-state index contributed by atoms with van der Waals surface area (Å²) in [6.45, 7) is 3.78. The third-order valence-corrected chi connectivity index (χ3v) is 2.34. The maximum Gasteiger partial charge on any atom is 0.203 e. The van der Waals surface area contributed by atoms with Gasteiger partial charge in [0.1, 0.15) is 0 Å². The van der Waals surface area contributed by atoms with Crippen LogP contribution in [0, 0.1) is 13.8 Å². The minimum atomic E-state index is 0.546. The Morgan fingerprint density at radius 3 is 2.20 bits per heavy atom. The first kappa shape index (κ1) is 10.2. The topological polar surface area (TPSA) is 51.6 Å². The van der Waals surface area contributed by atoms with E-state index in [0.717, 1.165) is 15.6 Å². The van der Waals surface area contributed by atoms with Crippen molar-refractivity contribution in [1.29, 1.82) is 0 Å². The maximum atomic E-state index is 3.99. The monoisotopic (exact) mass is 264 g/mol. The highest BCUT2D eigenvalue weighted by atomic mass is 79.9. The molecule has 1 aromatic carbocycles. The first-order valence-electron chi connectivity index (χ1n) is 4.47. The SMILES string of the molecule is Cc1cc(Br)cc(-c2nnc(C)nn2)c1. The van der Waals surface area contributed by atoms with Crippen molar-refractivity contribution in [2.24, 2.45) is 0 Å². The standard InChI is InChI=1S/C10H9BrN4/c1-6-3-8(5-9(11)4-6)10-14-12-7(2)13-15-10/h3-5H,1-2H3. The summed E-state index contributed by atoms with van der Waals surface area (Å²) < 4.78 is 1.00. The quantitative estimate of drug-likeness (QED) is 0.793. The molecular formula is C10H9BrN4. The number of nitrogens with zero attached hydrogens (tertiary/aromatic N) is 4. The van der Waals surface area contributed by atoms with Gasteiger partial charge in [-0.05, 0) is 37.6 Å². The molecular weight excluding hydrogens is 256 g/mol. The second kappa shape index (κ2) is 4.02. The highest BCUT2D eigenvalue weighted by molar-refractivity contribution is 9.10. The van der Waals surface area contributed by atoms with E-state index in [1.165, 1.54) is 0 Å². The Balaban J connectivity index is 2.49. The summed E-state index contributed by atoms with van der Waals surface area (Å²) >= 11 is 3.43. The molecule has 1 aromatic heterocycles. The van der Waals surface area contributed by atoms with E-state index in [0.29, 0.717) is 11.6 Å². The van der Waals surface area contributed by atoms with Crippen molar-refractivity contribution in [3.05, 3.63) is 34.1 Å². The van der Waals surface area contributed by atoms with Gasteiger partial charge in [-0.1, -0.05) is 15.9 Å². The number of hydrogen-bond donors (Lipinski definition) is 0. The van der Waals surface area contributed by atoms with Gasteiger partial charge in [0.2, 0.25) is 5.82 Å². The van der Waals surface area contributed by atoms with E-state index in [4.69, 9.17) is 0 Å². The number of halogens is 1. The van der Waals surface area contributed by atoms with Crippen LogP contribution in [0.1, 0.15) is 11.4 Å². The van der Waals surface area contributed by atoms with E-state index in [9.17, 15) is 0 Å². The van der Waals surface area contributed by atoms with Gasteiger partial charge >= 0.3 is 0 Å². The van der Waals surface area contributed by atoms with Gasteiger partial charge in [-0.2, -0.15) is 0 Å². The predicted molar refractivity (Wildman–Crippen MR) is 60.2 cm³/mol. The van der Waals surface area contributed by atoms with Crippen molar-refractivity contribution in [2.45, 2.75) is 13.8 Å². The summed E-state index contributed by atoms with van der Waals surface area (Å²) in [5.74, 6) is 1.12. The van der Waals surface area contributed by atoms with Crippen molar-refractivity contribution in [1.82, 2.24) is 20.4 Å². The van der Waals surface area contributed by atoms with E-state index < -0.39 is 0 Å². The van der Waals surface area contributed by atoms with Crippen molar-refractivity contribution in [2.75, 3.05) is 0 Å². The van der Waals surface area contributed by atoms with Crippen LogP contribution in [0.15, 0.2) is 22.7 Å². The van der Waals surface area contributed by atoms with Gasteiger partial charge in [0, 0.05) is 10.0 Å². The summed E-state index contributed by atoms with van der Waals surface area (Å²) in [4.78, 5) is 0. The Morgan fingerprint density at radius 1 is 0.933 bits per heavy atom. The van der Waals surface area contributed by atoms with E-state index in [1.807, 2.05) is 25.1 Å². The normalized spacial score (nSPS) is 10.3. The molecule has 0 radical (unpaired) electrons. The Bertz CT molecular complexity index is 461. The van der Waals surface area contributed by atoms with Gasteiger partial charge in [-0.25, -0.2) is 0 Å². The molecule has 15 heavy (non-hydrogen) atoms. The van der Waals surface area contributed by atoms with Crippen LogP contribution in [0.2, 0.25) is 0 Å². The molecule has 0 aliphatic heterocycles. The zero-order valence-electron chi connectivity index (χ0n) is 8.40. The highest BCUT2D eigenvalue weighted by Crippen LogP contribution is 2.21. The average Bonchev–Trinajstić information content (AvgIpc) is 2.17. The Hall–Kier alpha value is -1.36. The van der Waals surface area contributed by atoms with E-state index in [1.54, 1.807) is 6.92 Å². The van der Waals surface area contributed by atoms with E-state index in [-0.39, 0.29) is 0 Å². The lowest BCUT2D eigenvalue weighted by molar-refractivity contribution is 0.816. The summed E-state index contributed by atoms with van der Waals surface area (Å²) in [7, 11) is 0. The molecule has 0 bridgehead atoms. The van der Waals surface area contributed by atoms with Crippen molar-refractivity contribution in [3.8, 4) is 11.4 Å². The Labute approximate surface area is 95.9 Å². The van der Waals surface area contributed by atoms with E-state index in [2.05, 4.69) is 36.3 Å². The third kappa shape index (κ3) is 2.36.